The maximum Gasteiger partial charge on any atom is 0.317 e. The minimum Gasteiger partial charge on any atom is -0.334 e. The predicted octanol–water partition coefficient (Wildman–Crippen LogP) is 3.80. The Morgan fingerprint density at radius 1 is 1.20 bits per heavy atom. The molecule has 2 amide bonds. The zero-order valence-corrected chi connectivity index (χ0v) is 15.0. The summed E-state index contributed by atoms with van der Waals surface area (Å²) >= 11 is 0. The Hall–Kier alpha value is -2.30. The Kier molecular flexibility index (Phi) is 6.09. The van der Waals surface area contributed by atoms with Crippen molar-refractivity contribution in [3.8, 4) is 0 Å². The molecule has 1 N–H and O–H groups in total. The number of urea groups is 1. The van der Waals surface area contributed by atoms with E-state index in [0.717, 1.165) is 31.5 Å². The Balaban J connectivity index is 1.61. The van der Waals surface area contributed by atoms with Gasteiger partial charge in [0.25, 0.3) is 0 Å². The monoisotopic (exact) mass is 340 g/mol. The van der Waals surface area contributed by atoms with Crippen LogP contribution in [0.2, 0.25) is 0 Å². The Labute approximate surface area is 150 Å². The molecule has 1 fully saturated rings. The first-order valence-corrected chi connectivity index (χ1v) is 9.36. The van der Waals surface area contributed by atoms with Crippen molar-refractivity contribution in [3.63, 3.8) is 0 Å². The molecule has 0 aliphatic heterocycles. The third kappa shape index (κ3) is 4.62. The van der Waals surface area contributed by atoms with Crippen LogP contribution >= 0.6 is 0 Å². The van der Waals surface area contributed by atoms with Crippen LogP contribution in [0.1, 0.15) is 50.2 Å². The van der Waals surface area contributed by atoms with Gasteiger partial charge < -0.3 is 10.2 Å². The van der Waals surface area contributed by atoms with Crippen LogP contribution in [0.5, 0.6) is 0 Å². The maximum atomic E-state index is 12.7. The molecular weight excluding hydrogens is 312 g/mol. The lowest BCUT2D eigenvalue weighted by molar-refractivity contribution is 0.159. The molecule has 134 valence electrons. The summed E-state index contributed by atoms with van der Waals surface area (Å²) in [5.74, 6) is 0. The van der Waals surface area contributed by atoms with Crippen LogP contribution < -0.4 is 5.32 Å². The molecule has 2 aromatic rings. The standard InChI is InChI=1S/C20H28N4O/c1-2-24(19-11-4-3-5-12-19)20(25)21-15-17-9-6-7-10-18(17)16-23-14-8-13-22-23/h6-10,13-14,19H,2-5,11-12,15-16H2,1H3,(H,21,25). The topological polar surface area (TPSA) is 50.2 Å². The minimum absolute atomic E-state index is 0.0586. The zero-order chi connectivity index (χ0) is 17.5. The van der Waals surface area contributed by atoms with Crippen molar-refractivity contribution >= 4 is 6.03 Å². The van der Waals surface area contributed by atoms with Gasteiger partial charge in [0.1, 0.15) is 0 Å². The van der Waals surface area contributed by atoms with E-state index in [4.69, 9.17) is 0 Å². The summed E-state index contributed by atoms with van der Waals surface area (Å²) in [5.41, 5.74) is 2.33. The van der Waals surface area contributed by atoms with Crippen molar-refractivity contribution < 1.29 is 4.79 Å². The lowest BCUT2D eigenvalue weighted by Crippen LogP contribution is -2.46. The van der Waals surface area contributed by atoms with Gasteiger partial charge in [-0.1, -0.05) is 43.5 Å². The largest absolute Gasteiger partial charge is 0.334 e. The Morgan fingerprint density at radius 3 is 2.64 bits per heavy atom. The summed E-state index contributed by atoms with van der Waals surface area (Å²) in [5, 5.41) is 7.40. The van der Waals surface area contributed by atoms with Crippen molar-refractivity contribution in [2.75, 3.05) is 6.54 Å². The van der Waals surface area contributed by atoms with E-state index >= 15 is 0 Å². The number of aromatic nitrogens is 2. The molecule has 3 rings (SSSR count). The molecule has 5 heteroatoms. The van der Waals surface area contributed by atoms with Gasteiger partial charge in [-0.05, 0) is 37.0 Å². The molecule has 0 spiro atoms. The van der Waals surface area contributed by atoms with Crippen molar-refractivity contribution in [3.05, 3.63) is 53.9 Å². The molecule has 5 nitrogen and oxygen atoms in total. The fraction of sp³-hybridized carbons (Fsp3) is 0.500. The second-order valence-electron chi connectivity index (χ2n) is 6.71. The van der Waals surface area contributed by atoms with E-state index in [1.54, 1.807) is 6.20 Å². The van der Waals surface area contributed by atoms with Crippen LogP contribution in [-0.4, -0.2) is 33.3 Å². The highest BCUT2D eigenvalue weighted by atomic mass is 16.2. The summed E-state index contributed by atoms with van der Waals surface area (Å²) < 4.78 is 1.90. The van der Waals surface area contributed by atoms with Crippen LogP contribution in [0.4, 0.5) is 4.79 Å². The van der Waals surface area contributed by atoms with Crippen LogP contribution in [0.15, 0.2) is 42.7 Å². The molecule has 1 heterocycles. The fourth-order valence-corrected chi connectivity index (χ4v) is 3.69. The van der Waals surface area contributed by atoms with E-state index in [1.165, 1.54) is 24.8 Å². The van der Waals surface area contributed by atoms with Crippen LogP contribution in [-0.2, 0) is 13.1 Å². The van der Waals surface area contributed by atoms with Gasteiger partial charge in [0.05, 0.1) is 6.54 Å². The van der Waals surface area contributed by atoms with E-state index in [-0.39, 0.29) is 6.03 Å². The number of carbonyl (C=O) groups is 1. The second kappa shape index (κ2) is 8.70. The number of carbonyl (C=O) groups excluding carboxylic acids is 1. The number of hydrogen-bond donors (Lipinski definition) is 1. The van der Waals surface area contributed by atoms with E-state index in [0.29, 0.717) is 12.6 Å². The number of rotatable bonds is 6. The molecule has 0 atom stereocenters. The van der Waals surface area contributed by atoms with Crippen LogP contribution in [0, 0.1) is 0 Å². The van der Waals surface area contributed by atoms with Crippen molar-refractivity contribution in [2.24, 2.45) is 0 Å². The van der Waals surface area contributed by atoms with Crippen molar-refractivity contribution in [1.29, 1.82) is 0 Å². The van der Waals surface area contributed by atoms with Crippen molar-refractivity contribution in [2.45, 2.75) is 58.2 Å². The Bertz CT molecular complexity index is 662. The predicted molar refractivity (Wildman–Crippen MR) is 99.3 cm³/mol. The van der Waals surface area contributed by atoms with Gasteiger partial charge in [-0.3, -0.25) is 4.68 Å². The van der Waals surface area contributed by atoms with E-state index in [9.17, 15) is 4.79 Å². The SMILES string of the molecule is CCN(C(=O)NCc1ccccc1Cn1cccn1)C1CCCCC1. The van der Waals surface area contributed by atoms with Gasteiger partial charge in [-0.25, -0.2) is 4.79 Å². The molecule has 0 unspecified atom stereocenters. The number of nitrogens with zero attached hydrogens (tertiary/aromatic N) is 3. The van der Waals surface area contributed by atoms with Gasteiger partial charge in [-0.2, -0.15) is 5.10 Å². The Morgan fingerprint density at radius 2 is 1.96 bits per heavy atom. The first-order chi connectivity index (χ1) is 12.3. The van der Waals surface area contributed by atoms with Gasteiger partial charge in [-0.15, -0.1) is 0 Å². The highest BCUT2D eigenvalue weighted by molar-refractivity contribution is 5.74. The van der Waals surface area contributed by atoms with Crippen LogP contribution in [0.3, 0.4) is 0 Å². The number of nitrogens with one attached hydrogen (secondary N) is 1. The van der Waals surface area contributed by atoms with Crippen molar-refractivity contribution in [1.82, 2.24) is 20.0 Å². The maximum absolute atomic E-state index is 12.7. The molecular formula is C20H28N4O. The number of amides is 2. The van der Waals surface area contributed by atoms with Gasteiger partial charge in [0.2, 0.25) is 0 Å². The van der Waals surface area contributed by atoms with Crippen LogP contribution in [0.25, 0.3) is 0 Å². The van der Waals surface area contributed by atoms with Gasteiger partial charge in [0, 0.05) is 31.5 Å². The molecule has 1 aliphatic rings. The summed E-state index contributed by atoms with van der Waals surface area (Å²) in [4.78, 5) is 14.7. The fourth-order valence-electron chi connectivity index (χ4n) is 3.69. The van der Waals surface area contributed by atoms with Gasteiger partial charge in [0.15, 0.2) is 0 Å². The normalized spacial score (nSPS) is 15.1. The molecule has 1 aliphatic carbocycles. The molecule has 0 bridgehead atoms. The van der Waals surface area contributed by atoms with E-state index < -0.39 is 0 Å². The molecule has 0 saturated heterocycles. The first kappa shape index (κ1) is 17.5. The molecule has 25 heavy (non-hydrogen) atoms. The number of benzene rings is 1. The summed E-state index contributed by atoms with van der Waals surface area (Å²) in [7, 11) is 0. The van der Waals surface area contributed by atoms with E-state index in [1.807, 2.05) is 34.0 Å². The summed E-state index contributed by atoms with van der Waals surface area (Å²) in [6, 6.07) is 10.6. The lowest BCUT2D eigenvalue weighted by atomic mass is 9.94. The highest BCUT2D eigenvalue weighted by Crippen LogP contribution is 2.22. The first-order valence-electron chi connectivity index (χ1n) is 9.36. The molecule has 1 aromatic carbocycles. The van der Waals surface area contributed by atoms with Gasteiger partial charge >= 0.3 is 6.03 Å². The average molecular weight is 340 g/mol. The van der Waals surface area contributed by atoms with E-state index in [2.05, 4.69) is 29.5 Å². The molecule has 1 aromatic heterocycles. The minimum atomic E-state index is 0.0586. The highest BCUT2D eigenvalue weighted by Gasteiger charge is 2.23. The average Bonchev–Trinajstić information content (AvgIpc) is 3.16. The second-order valence-corrected chi connectivity index (χ2v) is 6.71. The quantitative estimate of drug-likeness (QED) is 0.869. The number of hydrogen-bond acceptors (Lipinski definition) is 2. The smallest absolute Gasteiger partial charge is 0.317 e. The third-order valence-corrected chi connectivity index (χ3v) is 5.06. The summed E-state index contributed by atoms with van der Waals surface area (Å²) in [6.45, 7) is 4.12. The zero-order valence-electron chi connectivity index (χ0n) is 15.0. The molecule has 1 saturated carbocycles. The summed E-state index contributed by atoms with van der Waals surface area (Å²) in [6.07, 6.45) is 9.79. The lowest BCUT2D eigenvalue weighted by Gasteiger charge is -2.33. The third-order valence-electron chi connectivity index (χ3n) is 5.06. The molecule has 0 radical (unpaired) electrons.